The lowest BCUT2D eigenvalue weighted by Crippen LogP contribution is -2.39. The van der Waals surface area contributed by atoms with E-state index in [-0.39, 0.29) is 17.2 Å². The second kappa shape index (κ2) is 5.87. The molecule has 0 saturated heterocycles. The summed E-state index contributed by atoms with van der Waals surface area (Å²) in [6.07, 6.45) is 0.433. The fourth-order valence-corrected chi connectivity index (χ4v) is 2.55. The van der Waals surface area contributed by atoms with Crippen molar-refractivity contribution < 1.29 is 14.3 Å². The number of amides is 2. The van der Waals surface area contributed by atoms with Crippen molar-refractivity contribution in [1.29, 1.82) is 0 Å². The number of carbonyl (C=O) groups is 2. The maximum Gasteiger partial charge on any atom is 0.235 e. The van der Waals surface area contributed by atoms with Crippen molar-refractivity contribution in [3.63, 3.8) is 0 Å². The first-order valence-corrected chi connectivity index (χ1v) is 7.84. The summed E-state index contributed by atoms with van der Waals surface area (Å²) >= 11 is 0. The van der Waals surface area contributed by atoms with Gasteiger partial charge < -0.3 is 15.0 Å². The maximum atomic E-state index is 12.5. The zero-order valence-corrected chi connectivity index (χ0v) is 14.8. The third kappa shape index (κ3) is 4.03. The number of anilines is 2. The Bertz CT molecular complexity index is 630. The molecule has 1 heterocycles. The highest BCUT2D eigenvalue weighted by Crippen LogP contribution is 2.37. The maximum absolute atomic E-state index is 12.5. The number of hydrogen-bond donors (Lipinski definition) is 1. The number of rotatable bonds is 2. The third-order valence-corrected chi connectivity index (χ3v) is 3.77. The second-order valence-electron chi connectivity index (χ2n) is 8.00. The second-order valence-corrected chi connectivity index (χ2v) is 8.00. The van der Waals surface area contributed by atoms with E-state index in [2.05, 4.69) is 5.32 Å². The molecular formula is C18H26N2O3. The molecule has 0 aliphatic carbocycles. The number of nitrogens with one attached hydrogen (secondary N) is 1. The fraction of sp³-hybridized carbons (Fsp3) is 0.556. The van der Waals surface area contributed by atoms with Gasteiger partial charge in [0.05, 0.1) is 11.1 Å². The summed E-state index contributed by atoms with van der Waals surface area (Å²) in [6, 6.07) is 5.39. The molecule has 1 aromatic rings. The van der Waals surface area contributed by atoms with Gasteiger partial charge in [-0.05, 0) is 37.5 Å². The Balaban J connectivity index is 2.24. The van der Waals surface area contributed by atoms with Crippen LogP contribution < -0.4 is 15.0 Å². The van der Waals surface area contributed by atoms with Gasteiger partial charge >= 0.3 is 0 Å². The van der Waals surface area contributed by atoms with Crippen molar-refractivity contribution in [2.45, 2.75) is 41.0 Å². The Morgan fingerprint density at radius 3 is 2.61 bits per heavy atom. The van der Waals surface area contributed by atoms with Gasteiger partial charge in [-0.1, -0.05) is 20.8 Å². The molecule has 0 radical (unpaired) electrons. The van der Waals surface area contributed by atoms with Gasteiger partial charge in [-0.25, -0.2) is 0 Å². The molecule has 0 bridgehead atoms. The SMILES string of the molecule is CN1C(=O)C(C)(C)COc2ccc(NC(=O)CC(C)(C)C)cc21. The Hall–Kier alpha value is -2.04. The van der Waals surface area contributed by atoms with E-state index in [1.807, 2.05) is 34.6 Å². The van der Waals surface area contributed by atoms with E-state index in [0.717, 1.165) is 0 Å². The molecular weight excluding hydrogens is 292 g/mol. The number of nitrogens with zero attached hydrogens (tertiary/aromatic N) is 1. The molecule has 0 spiro atoms. The average molecular weight is 318 g/mol. The molecule has 0 unspecified atom stereocenters. The molecule has 0 atom stereocenters. The number of hydrogen-bond acceptors (Lipinski definition) is 3. The molecule has 0 fully saturated rings. The summed E-state index contributed by atoms with van der Waals surface area (Å²) in [5, 5.41) is 2.89. The standard InChI is InChI=1S/C18H26N2O3/c1-17(2,3)10-15(21)19-12-7-8-14-13(9-12)20(6)16(22)18(4,5)11-23-14/h7-9H,10-11H2,1-6H3,(H,19,21). The minimum absolute atomic E-state index is 0.00517. The number of carbonyl (C=O) groups excluding carboxylic acids is 2. The van der Waals surface area contributed by atoms with Crippen LogP contribution in [0, 0.1) is 10.8 Å². The molecule has 23 heavy (non-hydrogen) atoms. The first-order chi connectivity index (χ1) is 10.5. The fourth-order valence-electron chi connectivity index (χ4n) is 2.55. The van der Waals surface area contributed by atoms with Gasteiger partial charge in [0.1, 0.15) is 12.4 Å². The monoisotopic (exact) mass is 318 g/mol. The van der Waals surface area contributed by atoms with Crippen LogP contribution in [0.3, 0.4) is 0 Å². The van der Waals surface area contributed by atoms with Gasteiger partial charge in [0, 0.05) is 19.2 Å². The van der Waals surface area contributed by atoms with Crippen LogP contribution in [-0.2, 0) is 9.59 Å². The van der Waals surface area contributed by atoms with Crippen LogP contribution in [0.25, 0.3) is 0 Å². The molecule has 2 rings (SSSR count). The van der Waals surface area contributed by atoms with Crippen molar-refractivity contribution in [3.05, 3.63) is 18.2 Å². The normalized spacial score (nSPS) is 17.1. The smallest absolute Gasteiger partial charge is 0.235 e. The van der Waals surface area contributed by atoms with E-state index in [4.69, 9.17) is 4.74 Å². The van der Waals surface area contributed by atoms with Gasteiger partial charge in [-0.15, -0.1) is 0 Å². The summed E-state index contributed by atoms with van der Waals surface area (Å²) in [4.78, 5) is 26.2. The Morgan fingerprint density at radius 1 is 1.35 bits per heavy atom. The van der Waals surface area contributed by atoms with Crippen LogP contribution in [-0.4, -0.2) is 25.5 Å². The van der Waals surface area contributed by atoms with Gasteiger partial charge in [0.25, 0.3) is 0 Å². The highest BCUT2D eigenvalue weighted by molar-refractivity contribution is 6.00. The molecule has 0 saturated carbocycles. The molecule has 2 amide bonds. The number of benzene rings is 1. The minimum Gasteiger partial charge on any atom is -0.490 e. The molecule has 1 aromatic carbocycles. The lowest BCUT2D eigenvalue weighted by Gasteiger charge is -2.24. The highest BCUT2D eigenvalue weighted by atomic mass is 16.5. The van der Waals surface area contributed by atoms with Crippen molar-refractivity contribution in [1.82, 2.24) is 0 Å². The van der Waals surface area contributed by atoms with Crippen LogP contribution >= 0.6 is 0 Å². The van der Waals surface area contributed by atoms with Crippen molar-refractivity contribution >= 4 is 23.2 Å². The largest absolute Gasteiger partial charge is 0.490 e. The number of ether oxygens (including phenoxy) is 1. The summed E-state index contributed by atoms with van der Waals surface area (Å²) in [5.41, 5.74) is 0.689. The van der Waals surface area contributed by atoms with Crippen LogP contribution in [0.5, 0.6) is 5.75 Å². The zero-order chi connectivity index (χ0) is 17.4. The predicted molar refractivity (Wildman–Crippen MR) is 91.8 cm³/mol. The van der Waals surface area contributed by atoms with E-state index in [1.165, 1.54) is 0 Å². The molecule has 5 heteroatoms. The van der Waals surface area contributed by atoms with E-state index < -0.39 is 5.41 Å². The first kappa shape index (κ1) is 17.3. The minimum atomic E-state index is -0.580. The molecule has 5 nitrogen and oxygen atoms in total. The van der Waals surface area contributed by atoms with Crippen LogP contribution in [0.4, 0.5) is 11.4 Å². The summed E-state index contributed by atoms with van der Waals surface area (Å²) in [7, 11) is 1.73. The van der Waals surface area contributed by atoms with Crippen LogP contribution in [0.15, 0.2) is 18.2 Å². The topological polar surface area (TPSA) is 58.6 Å². The third-order valence-electron chi connectivity index (χ3n) is 3.77. The Kier molecular flexibility index (Phi) is 4.42. The van der Waals surface area contributed by atoms with Crippen LogP contribution in [0.2, 0.25) is 0 Å². The summed E-state index contributed by atoms with van der Waals surface area (Å²) in [6.45, 7) is 10.1. The molecule has 1 aliphatic rings. The van der Waals surface area contributed by atoms with Crippen molar-refractivity contribution in [3.8, 4) is 5.75 Å². The van der Waals surface area contributed by atoms with Gasteiger partial charge in [0.2, 0.25) is 11.8 Å². The predicted octanol–water partition coefficient (Wildman–Crippen LogP) is 3.44. The lowest BCUT2D eigenvalue weighted by atomic mass is 9.92. The summed E-state index contributed by atoms with van der Waals surface area (Å²) in [5.74, 6) is 0.607. The van der Waals surface area contributed by atoms with Gasteiger partial charge in [-0.2, -0.15) is 0 Å². The van der Waals surface area contributed by atoms with E-state index in [1.54, 1.807) is 30.1 Å². The number of fused-ring (bicyclic) bond motifs is 1. The Labute approximate surface area is 138 Å². The van der Waals surface area contributed by atoms with Crippen LogP contribution in [0.1, 0.15) is 41.0 Å². The molecule has 1 aliphatic heterocycles. The molecule has 126 valence electrons. The first-order valence-electron chi connectivity index (χ1n) is 7.84. The molecule has 1 N–H and O–H groups in total. The van der Waals surface area contributed by atoms with E-state index in [9.17, 15) is 9.59 Å². The van der Waals surface area contributed by atoms with Gasteiger partial charge in [0.15, 0.2) is 0 Å². The van der Waals surface area contributed by atoms with E-state index >= 15 is 0 Å². The lowest BCUT2D eigenvalue weighted by molar-refractivity contribution is -0.127. The Morgan fingerprint density at radius 2 is 2.00 bits per heavy atom. The van der Waals surface area contributed by atoms with Gasteiger partial charge in [-0.3, -0.25) is 9.59 Å². The zero-order valence-electron chi connectivity index (χ0n) is 14.8. The quantitative estimate of drug-likeness (QED) is 0.908. The van der Waals surface area contributed by atoms with E-state index in [0.29, 0.717) is 30.2 Å². The highest BCUT2D eigenvalue weighted by Gasteiger charge is 2.36. The average Bonchev–Trinajstić information content (AvgIpc) is 2.48. The van der Waals surface area contributed by atoms with Crippen molar-refractivity contribution in [2.24, 2.45) is 10.8 Å². The summed E-state index contributed by atoms with van der Waals surface area (Å²) < 4.78 is 5.77. The molecule has 0 aromatic heterocycles. The van der Waals surface area contributed by atoms with Crippen molar-refractivity contribution in [2.75, 3.05) is 23.9 Å².